The van der Waals surface area contributed by atoms with Crippen LogP contribution in [0.2, 0.25) is 0 Å². The number of carbonyl (C=O) groups excluding carboxylic acids is 1. The van der Waals surface area contributed by atoms with E-state index < -0.39 is 26.7 Å². The van der Waals surface area contributed by atoms with E-state index in [1.807, 2.05) is 31.2 Å². The lowest BCUT2D eigenvalue weighted by molar-refractivity contribution is -0.137. The van der Waals surface area contributed by atoms with Crippen LogP contribution < -0.4 is 9.62 Å². The minimum absolute atomic E-state index is 0.0350. The summed E-state index contributed by atoms with van der Waals surface area (Å²) in [6.07, 6.45) is -4.46. The topological polar surface area (TPSA) is 66.5 Å². The van der Waals surface area contributed by atoms with Gasteiger partial charge in [-0.25, -0.2) is 13.1 Å². The molecule has 0 saturated carbocycles. The molecule has 150 valence electrons. The molecule has 3 rings (SSSR count). The number of rotatable bonds is 5. The van der Waals surface area contributed by atoms with Gasteiger partial charge in [-0.3, -0.25) is 4.79 Å². The zero-order valence-corrected chi connectivity index (χ0v) is 15.8. The molecule has 0 radical (unpaired) electrons. The summed E-state index contributed by atoms with van der Waals surface area (Å²) < 4.78 is 65.5. The Kier molecular flexibility index (Phi) is 5.49. The van der Waals surface area contributed by atoms with Crippen molar-refractivity contribution >= 4 is 21.6 Å². The van der Waals surface area contributed by atoms with E-state index in [4.69, 9.17) is 0 Å². The Morgan fingerprint density at radius 2 is 1.82 bits per heavy atom. The van der Waals surface area contributed by atoms with Crippen molar-refractivity contribution in [2.75, 3.05) is 18.0 Å². The molecule has 9 heteroatoms. The lowest BCUT2D eigenvalue weighted by Crippen LogP contribution is -2.31. The Hall–Kier alpha value is -2.39. The Balaban J connectivity index is 1.67. The molecule has 1 saturated heterocycles. The van der Waals surface area contributed by atoms with Gasteiger partial charge in [-0.05, 0) is 43.2 Å². The number of nitrogens with zero attached hydrogens (tertiary/aromatic N) is 1. The van der Waals surface area contributed by atoms with E-state index in [2.05, 4.69) is 4.72 Å². The predicted octanol–water partition coefficient (Wildman–Crippen LogP) is 3.35. The van der Waals surface area contributed by atoms with Gasteiger partial charge in [0.1, 0.15) is 0 Å². The molecular weight excluding hydrogens is 393 g/mol. The third kappa shape index (κ3) is 4.53. The van der Waals surface area contributed by atoms with Gasteiger partial charge in [-0.2, -0.15) is 13.2 Å². The van der Waals surface area contributed by atoms with Crippen LogP contribution in [0.3, 0.4) is 0 Å². The molecule has 1 heterocycles. The summed E-state index contributed by atoms with van der Waals surface area (Å²) in [7, 11) is -4.12. The van der Waals surface area contributed by atoms with E-state index in [0.29, 0.717) is 12.6 Å². The van der Waals surface area contributed by atoms with Crippen LogP contribution in [0.25, 0.3) is 0 Å². The lowest BCUT2D eigenvalue weighted by Gasteiger charge is -2.17. The summed E-state index contributed by atoms with van der Waals surface area (Å²) in [5, 5.41) is 0. The average molecular weight is 412 g/mol. The summed E-state index contributed by atoms with van der Waals surface area (Å²) in [5.74, 6) is -0.388. The number of carbonyl (C=O) groups is 1. The van der Waals surface area contributed by atoms with E-state index in [0.717, 1.165) is 29.4 Å². The predicted molar refractivity (Wildman–Crippen MR) is 98.3 cm³/mol. The number of halogens is 3. The van der Waals surface area contributed by atoms with E-state index in [1.165, 1.54) is 0 Å². The van der Waals surface area contributed by atoms with Crippen LogP contribution in [-0.4, -0.2) is 27.4 Å². The van der Waals surface area contributed by atoms with Crippen LogP contribution in [0.4, 0.5) is 18.9 Å². The summed E-state index contributed by atoms with van der Waals surface area (Å²) in [6, 6.07) is 11.0. The molecule has 0 spiro atoms. The van der Waals surface area contributed by atoms with Crippen molar-refractivity contribution in [1.29, 1.82) is 0 Å². The van der Waals surface area contributed by atoms with Crippen molar-refractivity contribution in [3.8, 4) is 0 Å². The SMILES string of the molecule is Cc1ccc(N2C[C@@H](CNS(=O)(=O)c3cccc(C(F)(F)F)c3)CC2=O)cc1. The first-order valence-corrected chi connectivity index (χ1v) is 10.1. The molecule has 2 aromatic carbocycles. The number of benzene rings is 2. The Labute approximate surface area is 161 Å². The number of alkyl halides is 3. The van der Waals surface area contributed by atoms with Crippen molar-refractivity contribution in [3.05, 3.63) is 59.7 Å². The Bertz CT molecular complexity index is 973. The van der Waals surface area contributed by atoms with Gasteiger partial charge in [0.2, 0.25) is 15.9 Å². The molecule has 1 N–H and O–H groups in total. The van der Waals surface area contributed by atoms with Crippen LogP contribution in [0.1, 0.15) is 17.5 Å². The number of amides is 1. The van der Waals surface area contributed by atoms with Gasteiger partial charge in [-0.15, -0.1) is 0 Å². The van der Waals surface area contributed by atoms with Gasteiger partial charge in [0.25, 0.3) is 0 Å². The maximum atomic E-state index is 12.8. The standard InChI is InChI=1S/C19H19F3N2O3S/c1-13-5-7-16(8-6-13)24-12-14(9-18(24)25)11-23-28(26,27)17-4-2-3-15(10-17)19(20,21)22/h2-8,10,14,23H,9,11-12H2,1H3/t14-/m1/s1. The summed E-state index contributed by atoms with van der Waals surface area (Å²) in [6.45, 7) is 2.24. The number of anilines is 1. The van der Waals surface area contributed by atoms with E-state index >= 15 is 0 Å². The molecule has 5 nitrogen and oxygen atoms in total. The van der Waals surface area contributed by atoms with Crippen LogP contribution in [-0.2, 0) is 21.0 Å². The van der Waals surface area contributed by atoms with Crippen LogP contribution in [0.5, 0.6) is 0 Å². The fourth-order valence-electron chi connectivity index (χ4n) is 3.04. The van der Waals surface area contributed by atoms with Crippen molar-refractivity contribution in [3.63, 3.8) is 0 Å². The van der Waals surface area contributed by atoms with E-state index in [-0.39, 0.29) is 24.8 Å². The van der Waals surface area contributed by atoms with Crippen LogP contribution in [0.15, 0.2) is 53.4 Å². The number of hydrogen-bond acceptors (Lipinski definition) is 3. The largest absolute Gasteiger partial charge is 0.416 e. The van der Waals surface area contributed by atoms with Gasteiger partial charge in [0.15, 0.2) is 0 Å². The first kappa shape index (κ1) is 20.3. The van der Waals surface area contributed by atoms with Crippen molar-refractivity contribution in [2.45, 2.75) is 24.4 Å². The quantitative estimate of drug-likeness (QED) is 0.819. The first-order valence-electron chi connectivity index (χ1n) is 8.60. The highest BCUT2D eigenvalue weighted by Crippen LogP contribution is 2.30. The monoisotopic (exact) mass is 412 g/mol. The maximum absolute atomic E-state index is 12.8. The van der Waals surface area contributed by atoms with Crippen molar-refractivity contribution < 1.29 is 26.4 Å². The summed E-state index contributed by atoms with van der Waals surface area (Å²) in [5.41, 5.74) is 0.761. The number of nitrogens with one attached hydrogen (secondary N) is 1. The second kappa shape index (κ2) is 7.56. The molecular formula is C19H19F3N2O3S. The maximum Gasteiger partial charge on any atom is 0.416 e. The minimum atomic E-state index is -4.63. The molecule has 1 aliphatic heterocycles. The molecule has 0 aromatic heterocycles. The third-order valence-corrected chi connectivity index (χ3v) is 6.01. The van der Waals surface area contributed by atoms with Gasteiger partial charge in [0, 0.05) is 25.2 Å². The molecule has 1 fully saturated rings. The van der Waals surface area contributed by atoms with Crippen LogP contribution >= 0.6 is 0 Å². The highest BCUT2D eigenvalue weighted by atomic mass is 32.2. The highest BCUT2D eigenvalue weighted by molar-refractivity contribution is 7.89. The Morgan fingerprint density at radius 3 is 2.46 bits per heavy atom. The molecule has 1 amide bonds. The molecule has 0 bridgehead atoms. The number of hydrogen-bond donors (Lipinski definition) is 1. The molecule has 0 unspecified atom stereocenters. The van der Waals surface area contributed by atoms with Gasteiger partial charge < -0.3 is 4.90 Å². The molecule has 1 atom stereocenters. The second-order valence-electron chi connectivity index (χ2n) is 6.79. The van der Waals surface area contributed by atoms with Crippen molar-refractivity contribution in [2.24, 2.45) is 5.92 Å². The van der Waals surface area contributed by atoms with Gasteiger partial charge >= 0.3 is 6.18 Å². The minimum Gasteiger partial charge on any atom is -0.312 e. The highest BCUT2D eigenvalue weighted by Gasteiger charge is 2.33. The fourth-order valence-corrected chi connectivity index (χ4v) is 4.20. The van der Waals surface area contributed by atoms with Gasteiger partial charge in [-0.1, -0.05) is 23.8 Å². The number of sulfonamides is 1. The molecule has 0 aliphatic carbocycles. The van der Waals surface area contributed by atoms with Crippen LogP contribution in [0, 0.1) is 12.8 Å². The normalized spacial score (nSPS) is 17.9. The summed E-state index contributed by atoms with van der Waals surface area (Å²) >= 11 is 0. The molecule has 2 aromatic rings. The number of aryl methyl sites for hydroxylation is 1. The fraction of sp³-hybridized carbons (Fsp3) is 0.316. The molecule has 28 heavy (non-hydrogen) atoms. The second-order valence-corrected chi connectivity index (χ2v) is 8.55. The summed E-state index contributed by atoms with van der Waals surface area (Å²) in [4.78, 5) is 13.4. The average Bonchev–Trinajstić information content (AvgIpc) is 3.01. The zero-order valence-electron chi connectivity index (χ0n) is 15.0. The molecule has 1 aliphatic rings. The van der Waals surface area contributed by atoms with Gasteiger partial charge in [0.05, 0.1) is 10.5 Å². The third-order valence-electron chi connectivity index (χ3n) is 4.58. The Morgan fingerprint density at radius 1 is 1.14 bits per heavy atom. The van der Waals surface area contributed by atoms with Crippen molar-refractivity contribution in [1.82, 2.24) is 4.72 Å². The lowest BCUT2D eigenvalue weighted by atomic mass is 10.1. The van der Waals surface area contributed by atoms with E-state index in [9.17, 15) is 26.4 Å². The zero-order chi connectivity index (χ0) is 20.5. The van der Waals surface area contributed by atoms with E-state index in [1.54, 1.807) is 4.90 Å². The first-order chi connectivity index (χ1) is 13.1. The smallest absolute Gasteiger partial charge is 0.312 e.